The van der Waals surface area contributed by atoms with Crippen LogP contribution in [0, 0.1) is 0 Å². The highest BCUT2D eigenvalue weighted by atomic mass is 16.5. The predicted octanol–water partition coefficient (Wildman–Crippen LogP) is 1.60. The maximum atomic E-state index is 11.4. The van der Waals surface area contributed by atoms with Crippen LogP contribution in [0.15, 0.2) is 12.1 Å². The van der Waals surface area contributed by atoms with E-state index in [4.69, 9.17) is 4.74 Å². The fourth-order valence-corrected chi connectivity index (χ4v) is 2.57. The number of anilines is 1. The van der Waals surface area contributed by atoms with Crippen LogP contribution in [0.2, 0.25) is 0 Å². The van der Waals surface area contributed by atoms with E-state index < -0.39 is 0 Å². The molecule has 0 aliphatic heterocycles. The van der Waals surface area contributed by atoms with E-state index in [9.17, 15) is 4.79 Å². The van der Waals surface area contributed by atoms with Crippen LogP contribution in [-0.2, 0) is 4.74 Å². The lowest BCUT2D eigenvalue weighted by Gasteiger charge is -2.25. The van der Waals surface area contributed by atoms with E-state index in [0.717, 1.165) is 12.8 Å². The summed E-state index contributed by atoms with van der Waals surface area (Å²) in [6, 6.07) is 3.71. The van der Waals surface area contributed by atoms with Crippen molar-refractivity contribution < 1.29 is 9.53 Å². The summed E-state index contributed by atoms with van der Waals surface area (Å²) >= 11 is 0. The highest BCUT2D eigenvalue weighted by molar-refractivity contribution is 5.91. The number of amides is 1. The lowest BCUT2D eigenvalue weighted by Crippen LogP contribution is -2.34. The first-order valence-electron chi connectivity index (χ1n) is 7.09. The smallest absolute Gasteiger partial charge is 0.271 e. The van der Waals surface area contributed by atoms with Gasteiger partial charge < -0.3 is 15.4 Å². The van der Waals surface area contributed by atoms with E-state index in [1.807, 2.05) is 0 Å². The molecule has 1 heterocycles. The molecule has 1 aliphatic carbocycles. The second kappa shape index (κ2) is 7.19. The van der Waals surface area contributed by atoms with Crippen molar-refractivity contribution in [2.75, 3.05) is 19.5 Å². The van der Waals surface area contributed by atoms with E-state index in [1.54, 1.807) is 26.3 Å². The van der Waals surface area contributed by atoms with Gasteiger partial charge in [0, 0.05) is 14.2 Å². The second-order valence-electron chi connectivity index (χ2n) is 5.05. The summed E-state index contributed by atoms with van der Waals surface area (Å²) in [6.45, 7) is 0. The Morgan fingerprint density at radius 1 is 1.25 bits per heavy atom. The number of aromatic nitrogens is 2. The fraction of sp³-hybridized carbons (Fsp3) is 0.643. The molecule has 1 fully saturated rings. The van der Waals surface area contributed by atoms with Gasteiger partial charge in [-0.05, 0) is 25.0 Å². The number of carbonyl (C=O) groups excluding carboxylic acids is 1. The molecule has 0 spiro atoms. The van der Waals surface area contributed by atoms with E-state index in [-0.39, 0.29) is 18.1 Å². The van der Waals surface area contributed by atoms with Gasteiger partial charge in [-0.25, -0.2) is 0 Å². The molecular formula is C14H22N4O2. The summed E-state index contributed by atoms with van der Waals surface area (Å²) in [6.07, 6.45) is 5.99. The Morgan fingerprint density at radius 3 is 2.70 bits per heavy atom. The molecule has 2 N–H and O–H groups in total. The zero-order chi connectivity index (χ0) is 14.4. The van der Waals surface area contributed by atoms with Crippen LogP contribution < -0.4 is 10.6 Å². The molecule has 1 aromatic heterocycles. The first kappa shape index (κ1) is 14.7. The minimum absolute atomic E-state index is 0.206. The summed E-state index contributed by atoms with van der Waals surface area (Å²) in [5, 5.41) is 13.9. The highest BCUT2D eigenvalue weighted by Gasteiger charge is 2.23. The molecule has 1 aromatic rings. The number of rotatable bonds is 4. The van der Waals surface area contributed by atoms with E-state index in [2.05, 4.69) is 20.8 Å². The Balaban J connectivity index is 2.02. The van der Waals surface area contributed by atoms with Crippen molar-refractivity contribution in [2.24, 2.45) is 0 Å². The molecule has 6 nitrogen and oxygen atoms in total. The average molecular weight is 278 g/mol. The lowest BCUT2D eigenvalue weighted by atomic mass is 10.1. The molecule has 2 atom stereocenters. The van der Waals surface area contributed by atoms with Gasteiger partial charge >= 0.3 is 0 Å². The quantitative estimate of drug-likeness (QED) is 0.818. The number of ether oxygens (including phenoxy) is 1. The second-order valence-corrected chi connectivity index (χ2v) is 5.05. The molecule has 20 heavy (non-hydrogen) atoms. The van der Waals surface area contributed by atoms with Gasteiger partial charge in [0.05, 0.1) is 12.1 Å². The Hall–Kier alpha value is -1.69. The van der Waals surface area contributed by atoms with Gasteiger partial charge in [-0.3, -0.25) is 4.79 Å². The summed E-state index contributed by atoms with van der Waals surface area (Å²) < 4.78 is 5.56. The normalized spacial score (nSPS) is 22.9. The molecular weight excluding hydrogens is 256 g/mol. The SMILES string of the molecule is CNC(=O)c1ccc(NC2CCCCCC2OC)nn1. The van der Waals surface area contributed by atoms with Crippen LogP contribution in [0.25, 0.3) is 0 Å². The van der Waals surface area contributed by atoms with Crippen molar-refractivity contribution in [2.45, 2.75) is 44.2 Å². The lowest BCUT2D eigenvalue weighted by molar-refractivity contribution is 0.0805. The third-order valence-corrected chi connectivity index (χ3v) is 3.71. The van der Waals surface area contributed by atoms with Crippen molar-refractivity contribution in [1.29, 1.82) is 0 Å². The molecule has 6 heteroatoms. The molecule has 0 bridgehead atoms. The van der Waals surface area contributed by atoms with Gasteiger partial charge in [0.1, 0.15) is 5.82 Å². The van der Waals surface area contributed by atoms with Crippen LogP contribution in [-0.4, -0.2) is 42.4 Å². The number of methoxy groups -OCH3 is 1. The third kappa shape index (κ3) is 3.66. The summed E-state index contributed by atoms with van der Waals surface area (Å²) in [5.41, 5.74) is 0.321. The number of carbonyl (C=O) groups is 1. The molecule has 1 aliphatic rings. The van der Waals surface area contributed by atoms with Crippen LogP contribution in [0.4, 0.5) is 5.82 Å². The molecule has 0 aromatic carbocycles. The first-order valence-corrected chi connectivity index (χ1v) is 7.09. The van der Waals surface area contributed by atoms with Gasteiger partial charge in [-0.1, -0.05) is 19.3 Å². The zero-order valence-electron chi connectivity index (χ0n) is 12.1. The average Bonchev–Trinajstić information content (AvgIpc) is 2.72. The monoisotopic (exact) mass is 278 g/mol. The summed E-state index contributed by atoms with van der Waals surface area (Å²) in [7, 11) is 3.33. The Bertz CT molecular complexity index is 435. The van der Waals surface area contributed by atoms with Gasteiger partial charge in [0.25, 0.3) is 5.91 Å². The van der Waals surface area contributed by atoms with E-state index in [1.165, 1.54) is 19.3 Å². The van der Waals surface area contributed by atoms with Gasteiger partial charge in [-0.15, -0.1) is 10.2 Å². The molecule has 2 unspecified atom stereocenters. The Kier molecular flexibility index (Phi) is 5.29. The molecule has 1 amide bonds. The molecule has 1 saturated carbocycles. The van der Waals surface area contributed by atoms with Crippen molar-refractivity contribution in [3.63, 3.8) is 0 Å². The van der Waals surface area contributed by atoms with E-state index >= 15 is 0 Å². The topological polar surface area (TPSA) is 76.1 Å². The molecule has 110 valence electrons. The predicted molar refractivity (Wildman–Crippen MR) is 76.7 cm³/mol. The largest absolute Gasteiger partial charge is 0.379 e. The Labute approximate surface area is 119 Å². The minimum atomic E-state index is -0.228. The van der Waals surface area contributed by atoms with Gasteiger partial charge in [0.15, 0.2) is 5.69 Å². The van der Waals surface area contributed by atoms with Crippen molar-refractivity contribution in [1.82, 2.24) is 15.5 Å². The number of hydrogen-bond acceptors (Lipinski definition) is 5. The summed E-state index contributed by atoms with van der Waals surface area (Å²) in [4.78, 5) is 11.4. The van der Waals surface area contributed by atoms with Crippen LogP contribution >= 0.6 is 0 Å². The van der Waals surface area contributed by atoms with Crippen molar-refractivity contribution in [3.05, 3.63) is 17.8 Å². The van der Waals surface area contributed by atoms with Crippen molar-refractivity contribution >= 4 is 11.7 Å². The maximum absolute atomic E-state index is 11.4. The third-order valence-electron chi connectivity index (χ3n) is 3.71. The molecule has 0 radical (unpaired) electrons. The van der Waals surface area contributed by atoms with E-state index in [0.29, 0.717) is 11.5 Å². The first-order chi connectivity index (χ1) is 9.74. The summed E-state index contributed by atoms with van der Waals surface area (Å²) in [5.74, 6) is 0.458. The van der Waals surface area contributed by atoms with Gasteiger partial charge in [-0.2, -0.15) is 0 Å². The molecule has 2 rings (SSSR count). The zero-order valence-corrected chi connectivity index (χ0v) is 12.1. The highest BCUT2D eigenvalue weighted by Crippen LogP contribution is 2.22. The fourth-order valence-electron chi connectivity index (χ4n) is 2.57. The van der Waals surface area contributed by atoms with Crippen LogP contribution in [0.5, 0.6) is 0 Å². The molecule has 0 saturated heterocycles. The van der Waals surface area contributed by atoms with Crippen LogP contribution in [0.1, 0.15) is 42.6 Å². The number of hydrogen-bond donors (Lipinski definition) is 2. The Morgan fingerprint density at radius 2 is 2.05 bits per heavy atom. The number of nitrogens with one attached hydrogen (secondary N) is 2. The number of nitrogens with zero attached hydrogens (tertiary/aromatic N) is 2. The standard InChI is InChI=1S/C14H22N4O2/c1-15-14(19)11-8-9-13(18-17-11)16-10-6-4-3-5-7-12(10)20-2/h8-10,12H,3-7H2,1-2H3,(H,15,19)(H,16,18). The minimum Gasteiger partial charge on any atom is -0.379 e. The van der Waals surface area contributed by atoms with Crippen LogP contribution in [0.3, 0.4) is 0 Å². The van der Waals surface area contributed by atoms with Gasteiger partial charge in [0.2, 0.25) is 0 Å². The maximum Gasteiger partial charge on any atom is 0.271 e. The van der Waals surface area contributed by atoms with Crippen molar-refractivity contribution in [3.8, 4) is 0 Å².